The Morgan fingerprint density at radius 2 is 2.10 bits per heavy atom. The topological polar surface area (TPSA) is 24.9 Å². The lowest BCUT2D eigenvalue weighted by atomic mass is 10.1. The van der Waals surface area contributed by atoms with Crippen molar-refractivity contribution in [1.82, 2.24) is 10.3 Å². The van der Waals surface area contributed by atoms with Crippen molar-refractivity contribution in [2.75, 3.05) is 12.3 Å². The summed E-state index contributed by atoms with van der Waals surface area (Å²) in [5.74, 6) is 1.11. The number of fused-ring (bicyclic) bond motifs is 1. The molecule has 1 aromatic heterocycles. The predicted octanol–water partition coefficient (Wildman–Crippen LogP) is 4.42. The zero-order valence-electron chi connectivity index (χ0n) is 12.6. The normalized spacial score (nSPS) is 13.0. The molecule has 0 aliphatic rings. The Labute approximate surface area is 126 Å². The van der Waals surface area contributed by atoms with Crippen molar-refractivity contribution >= 4 is 22.7 Å². The molecule has 2 aromatic rings. The average Bonchev–Trinajstić information content (AvgIpc) is 2.46. The second kappa shape index (κ2) is 7.65. The van der Waals surface area contributed by atoms with E-state index >= 15 is 0 Å². The maximum atomic E-state index is 4.47. The molecule has 20 heavy (non-hydrogen) atoms. The summed E-state index contributed by atoms with van der Waals surface area (Å²) < 4.78 is 0. The van der Waals surface area contributed by atoms with Crippen molar-refractivity contribution in [2.45, 2.75) is 38.5 Å². The molecular formula is C17H24N2S. The third-order valence-electron chi connectivity index (χ3n) is 3.27. The van der Waals surface area contributed by atoms with Crippen molar-refractivity contribution in [1.29, 1.82) is 0 Å². The van der Waals surface area contributed by atoms with Crippen molar-refractivity contribution in [2.24, 2.45) is 0 Å². The molecule has 0 fully saturated rings. The summed E-state index contributed by atoms with van der Waals surface area (Å²) in [6, 6.07) is 11.2. The van der Waals surface area contributed by atoms with Crippen LogP contribution in [0.1, 0.15) is 38.8 Å². The van der Waals surface area contributed by atoms with E-state index in [1.807, 2.05) is 24.0 Å². The van der Waals surface area contributed by atoms with Crippen LogP contribution >= 0.6 is 11.8 Å². The third kappa shape index (κ3) is 4.22. The van der Waals surface area contributed by atoms with Gasteiger partial charge in [-0.15, -0.1) is 0 Å². The van der Waals surface area contributed by atoms with Crippen LogP contribution in [0.25, 0.3) is 10.9 Å². The van der Waals surface area contributed by atoms with E-state index < -0.39 is 0 Å². The maximum absolute atomic E-state index is 4.47. The van der Waals surface area contributed by atoms with Crippen molar-refractivity contribution in [3.05, 3.63) is 42.1 Å². The largest absolute Gasteiger partial charge is 0.309 e. The van der Waals surface area contributed by atoms with Crippen LogP contribution in [0.15, 0.2) is 36.5 Å². The van der Waals surface area contributed by atoms with Crippen LogP contribution in [-0.2, 0) is 0 Å². The molecule has 0 bridgehead atoms. The number of nitrogens with zero attached hydrogens (tertiary/aromatic N) is 1. The van der Waals surface area contributed by atoms with Crippen LogP contribution < -0.4 is 5.32 Å². The minimum absolute atomic E-state index is 0.411. The molecule has 1 unspecified atom stereocenters. The Kier molecular flexibility index (Phi) is 5.86. The molecule has 0 amide bonds. The van der Waals surface area contributed by atoms with Gasteiger partial charge in [0.1, 0.15) is 0 Å². The quantitative estimate of drug-likeness (QED) is 0.816. The van der Waals surface area contributed by atoms with Crippen molar-refractivity contribution < 1.29 is 0 Å². The number of thioether (sulfide) groups is 1. The summed E-state index contributed by atoms with van der Waals surface area (Å²) in [7, 11) is 0. The molecule has 1 N–H and O–H groups in total. The van der Waals surface area contributed by atoms with Crippen molar-refractivity contribution in [3.63, 3.8) is 0 Å². The zero-order chi connectivity index (χ0) is 14.4. The van der Waals surface area contributed by atoms with E-state index in [0.29, 0.717) is 11.3 Å². The van der Waals surface area contributed by atoms with E-state index in [4.69, 9.17) is 0 Å². The van der Waals surface area contributed by atoms with Crippen LogP contribution in [0.3, 0.4) is 0 Å². The highest BCUT2D eigenvalue weighted by molar-refractivity contribution is 7.99. The number of nitrogens with one attached hydrogen (secondary N) is 1. The van der Waals surface area contributed by atoms with Gasteiger partial charge in [-0.3, -0.25) is 4.98 Å². The maximum Gasteiger partial charge on any atom is 0.0705 e. The van der Waals surface area contributed by atoms with Crippen LogP contribution in [0.2, 0.25) is 0 Å². The Morgan fingerprint density at radius 1 is 1.25 bits per heavy atom. The van der Waals surface area contributed by atoms with E-state index in [1.165, 1.54) is 10.9 Å². The first-order valence-electron chi connectivity index (χ1n) is 7.40. The number of aromatic nitrogens is 1. The van der Waals surface area contributed by atoms with Gasteiger partial charge in [-0.05, 0) is 35.9 Å². The molecule has 108 valence electrons. The van der Waals surface area contributed by atoms with E-state index in [2.05, 4.69) is 55.3 Å². The summed E-state index contributed by atoms with van der Waals surface area (Å²) in [5.41, 5.74) is 2.43. The zero-order valence-corrected chi connectivity index (χ0v) is 13.4. The molecule has 0 aliphatic heterocycles. The van der Waals surface area contributed by atoms with Gasteiger partial charge < -0.3 is 5.32 Å². The summed E-state index contributed by atoms with van der Waals surface area (Å²) >= 11 is 2.01. The number of rotatable bonds is 7. The first-order valence-corrected chi connectivity index (χ1v) is 8.45. The lowest BCUT2D eigenvalue weighted by molar-refractivity contribution is 0.577. The summed E-state index contributed by atoms with van der Waals surface area (Å²) in [4.78, 5) is 4.47. The molecule has 0 saturated carbocycles. The lowest BCUT2D eigenvalue weighted by Gasteiger charge is -2.20. The van der Waals surface area contributed by atoms with E-state index in [-0.39, 0.29) is 0 Å². The van der Waals surface area contributed by atoms with Gasteiger partial charge in [0.25, 0.3) is 0 Å². The molecule has 0 aliphatic carbocycles. The van der Waals surface area contributed by atoms with Gasteiger partial charge in [-0.2, -0.15) is 11.8 Å². The average molecular weight is 288 g/mol. The predicted molar refractivity (Wildman–Crippen MR) is 90.4 cm³/mol. The SMILES string of the molecule is CCCNC(CSC(C)C)c1ccc2cccnc2c1. The molecule has 2 nitrogen and oxygen atoms in total. The van der Waals surface area contributed by atoms with E-state index in [9.17, 15) is 0 Å². The fraction of sp³-hybridized carbons (Fsp3) is 0.471. The minimum atomic E-state index is 0.411. The van der Waals surface area contributed by atoms with Gasteiger partial charge in [-0.1, -0.05) is 39.0 Å². The van der Waals surface area contributed by atoms with Crippen molar-refractivity contribution in [3.8, 4) is 0 Å². The number of benzene rings is 1. The number of hydrogen-bond donors (Lipinski definition) is 1. The lowest BCUT2D eigenvalue weighted by Crippen LogP contribution is -2.24. The minimum Gasteiger partial charge on any atom is -0.309 e. The van der Waals surface area contributed by atoms with E-state index in [0.717, 1.165) is 24.2 Å². The Bertz CT molecular complexity index is 539. The van der Waals surface area contributed by atoms with Gasteiger partial charge in [0.05, 0.1) is 5.52 Å². The molecule has 1 heterocycles. The van der Waals surface area contributed by atoms with Gasteiger partial charge in [0.15, 0.2) is 0 Å². The standard InChI is InChI=1S/C17H24N2S/c1-4-9-18-17(12-20-13(2)3)15-8-7-14-6-5-10-19-16(14)11-15/h5-8,10-11,13,17-18H,4,9,12H2,1-3H3. The first kappa shape index (κ1) is 15.3. The summed E-state index contributed by atoms with van der Waals surface area (Å²) in [5, 5.41) is 5.53. The fourth-order valence-electron chi connectivity index (χ4n) is 2.18. The monoisotopic (exact) mass is 288 g/mol. The molecule has 2 rings (SSSR count). The fourth-order valence-corrected chi connectivity index (χ4v) is 3.07. The number of hydrogen-bond acceptors (Lipinski definition) is 3. The van der Waals surface area contributed by atoms with Gasteiger partial charge in [-0.25, -0.2) is 0 Å². The van der Waals surface area contributed by atoms with Gasteiger partial charge in [0.2, 0.25) is 0 Å². The molecule has 0 saturated heterocycles. The third-order valence-corrected chi connectivity index (χ3v) is 4.46. The molecule has 3 heteroatoms. The van der Waals surface area contributed by atoms with Gasteiger partial charge in [0, 0.05) is 23.4 Å². The first-order chi connectivity index (χ1) is 9.70. The van der Waals surface area contributed by atoms with Crippen LogP contribution in [-0.4, -0.2) is 22.5 Å². The Morgan fingerprint density at radius 3 is 2.85 bits per heavy atom. The summed E-state index contributed by atoms with van der Waals surface area (Å²) in [6.45, 7) is 7.78. The summed E-state index contributed by atoms with van der Waals surface area (Å²) in [6.07, 6.45) is 3.03. The second-order valence-electron chi connectivity index (χ2n) is 5.34. The molecule has 1 aromatic carbocycles. The van der Waals surface area contributed by atoms with Gasteiger partial charge >= 0.3 is 0 Å². The van der Waals surface area contributed by atoms with Crippen LogP contribution in [0.4, 0.5) is 0 Å². The Hall–Kier alpha value is -1.06. The molecule has 0 spiro atoms. The highest BCUT2D eigenvalue weighted by atomic mass is 32.2. The smallest absolute Gasteiger partial charge is 0.0705 e. The molecular weight excluding hydrogens is 264 g/mol. The molecule has 1 atom stereocenters. The van der Waals surface area contributed by atoms with Crippen LogP contribution in [0.5, 0.6) is 0 Å². The second-order valence-corrected chi connectivity index (χ2v) is 6.95. The number of pyridine rings is 1. The molecule has 0 radical (unpaired) electrons. The highest BCUT2D eigenvalue weighted by Crippen LogP contribution is 2.24. The van der Waals surface area contributed by atoms with E-state index in [1.54, 1.807) is 0 Å². The van der Waals surface area contributed by atoms with Crippen LogP contribution in [0, 0.1) is 0 Å². The highest BCUT2D eigenvalue weighted by Gasteiger charge is 2.12. The Balaban J connectivity index is 2.19.